The zero-order chi connectivity index (χ0) is 20.5. The molecule has 7 heteroatoms. The Hall–Kier alpha value is -3.64. The minimum absolute atomic E-state index is 0.208. The van der Waals surface area contributed by atoms with Crippen molar-refractivity contribution in [2.75, 3.05) is 6.54 Å². The Balaban J connectivity index is 1.48. The Morgan fingerprint density at radius 1 is 0.931 bits per heavy atom. The Morgan fingerprint density at radius 3 is 2.48 bits per heavy atom. The monoisotopic (exact) mass is 407 g/mol. The average Bonchev–Trinajstić information content (AvgIpc) is 2.73. The summed E-state index contributed by atoms with van der Waals surface area (Å²) < 4.78 is 5.76. The molecule has 0 atom stereocenters. The maximum atomic E-state index is 12.0. The molecule has 0 spiro atoms. The van der Waals surface area contributed by atoms with Crippen LogP contribution in [0, 0.1) is 0 Å². The van der Waals surface area contributed by atoms with Crippen LogP contribution in [0.3, 0.4) is 0 Å². The molecule has 0 saturated carbocycles. The smallest absolute Gasteiger partial charge is 0.259 e. The number of hydrogen-bond acceptors (Lipinski definition) is 4. The normalized spacial score (nSPS) is 10.5. The highest BCUT2D eigenvalue weighted by Gasteiger charge is 2.07. The van der Waals surface area contributed by atoms with Crippen LogP contribution in [0.15, 0.2) is 84.0 Å². The first-order chi connectivity index (χ1) is 14.1. The molecule has 146 valence electrons. The summed E-state index contributed by atoms with van der Waals surface area (Å²) in [5.41, 5.74) is 3.50. The van der Waals surface area contributed by atoms with E-state index in [4.69, 9.17) is 16.3 Å². The van der Waals surface area contributed by atoms with Gasteiger partial charge in [-0.3, -0.25) is 9.59 Å². The van der Waals surface area contributed by atoms with Crippen molar-refractivity contribution in [2.24, 2.45) is 5.10 Å². The van der Waals surface area contributed by atoms with E-state index in [-0.39, 0.29) is 6.54 Å². The van der Waals surface area contributed by atoms with Crippen LogP contribution in [0.25, 0.3) is 0 Å². The summed E-state index contributed by atoms with van der Waals surface area (Å²) >= 11 is 5.85. The van der Waals surface area contributed by atoms with Crippen molar-refractivity contribution < 1.29 is 14.3 Å². The topological polar surface area (TPSA) is 79.8 Å². The Morgan fingerprint density at radius 2 is 1.69 bits per heavy atom. The van der Waals surface area contributed by atoms with Crippen molar-refractivity contribution >= 4 is 29.6 Å². The van der Waals surface area contributed by atoms with Gasteiger partial charge in [0.05, 0.1) is 12.8 Å². The number of para-hydroxylation sites is 1. The molecule has 0 saturated heterocycles. The number of carbonyl (C=O) groups excluding carboxylic acids is 2. The van der Waals surface area contributed by atoms with Crippen molar-refractivity contribution in [1.82, 2.24) is 10.7 Å². The van der Waals surface area contributed by atoms with E-state index in [1.807, 2.05) is 48.5 Å². The zero-order valence-electron chi connectivity index (χ0n) is 15.3. The zero-order valence-corrected chi connectivity index (χ0v) is 16.1. The lowest BCUT2D eigenvalue weighted by atomic mass is 10.2. The lowest BCUT2D eigenvalue weighted by Gasteiger charge is -2.06. The summed E-state index contributed by atoms with van der Waals surface area (Å²) in [6.07, 6.45) is 1.49. The number of hydrogen-bond donors (Lipinski definition) is 2. The molecule has 0 aliphatic carbocycles. The molecule has 0 unspecified atom stereocenters. The summed E-state index contributed by atoms with van der Waals surface area (Å²) in [6.45, 7) is -0.208. The van der Waals surface area contributed by atoms with Crippen LogP contribution in [0.1, 0.15) is 15.9 Å². The fourth-order valence-electron chi connectivity index (χ4n) is 2.39. The molecule has 0 radical (unpaired) electrons. The molecule has 3 aromatic carbocycles. The fraction of sp³-hybridized carbons (Fsp3) is 0.0455. The maximum Gasteiger partial charge on any atom is 0.259 e. The maximum absolute atomic E-state index is 12.0. The third-order valence-corrected chi connectivity index (χ3v) is 3.97. The number of hydrazone groups is 1. The van der Waals surface area contributed by atoms with Gasteiger partial charge in [-0.2, -0.15) is 5.10 Å². The number of nitrogens with zero attached hydrogens (tertiary/aromatic N) is 1. The van der Waals surface area contributed by atoms with Gasteiger partial charge in [-0.15, -0.1) is 0 Å². The van der Waals surface area contributed by atoms with E-state index in [0.29, 0.717) is 16.3 Å². The van der Waals surface area contributed by atoms with Gasteiger partial charge in [-0.1, -0.05) is 48.0 Å². The van der Waals surface area contributed by atoms with E-state index in [2.05, 4.69) is 15.8 Å². The highest BCUT2D eigenvalue weighted by atomic mass is 35.5. The highest BCUT2D eigenvalue weighted by molar-refractivity contribution is 6.31. The second-order valence-corrected chi connectivity index (χ2v) is 6.41. The number of carbonyl (C=O) groups is 2. The number of benzene rings is 3. The molecule has 0 fully saturated rings. The summed E-state index contributed by atoms with van der Waals surface area (Å²) in [5.74, 6) is 0.538. The van der Waals surface area contributed by atoms with Gasteiger partial charge >= 0.3 is 0 Å². The third-order valence-electron chi connectivity index (χ3n) is 3.74. The van der Waals surface area contributed by atoms with E-state index in [1.165, 1.54) is 12.3 Å². The SMILES string of the molecule is O=C(CNC(=O)c1cccc(Cl)c1)NN=Cc1cccc(Oc2ccccc2)c1. The lowest BCUT2D eigenvalue weighted by molar-refractivity contribution is -0.120. The van der Waals surface area contributed by atoms with Crippen LogP contribution in [0.5, 0.6) is 11.5 Å². The molecular formula is C22H18ClN3O3. The molecule has 0 aromatic heterocycles. The molecule has 3 aromatic rings. The molecule has 0 bridgehead atoms. The lowest BCUT2D eigenvalue weighted by Crippen LogP contribution is -2.34. The molecule has 0 aliphatic rings. The van der Waals surface area contributed by atoms with Gasteiger partial charge in [0.1, 0.15) is 11.5 Å². The number of halogens is 1. The first kappa shape index (κ1) is 20.1. The minimum Gasteiger partial charge on any atom is -0.457 e. The van der Waals surface area contributed by atoms with E-state index in [9.17, 15) is 9.59 Å². The summed E-state index contributed by atoms with van der Waals surface area (Å²) in [4.78, 5) is 23.8. The minimum atomic E-state index is -0.451. The fourth-order valence-corrected chi connectivity index (χ4v) is 2.58. The van der Waals surface area contributed by atoms with Crippen LogP contribution in [0.2, 0.25) is 5.02 Å². The molecule has 2 N–H and O–H groups in total. The van der Waals surface area contributed by atoms with Crippen LogP contribution in [-0.2, 0) is 4.79 Å². The van der Waals surface area contributed by atoms with Crippen molar-refractivity contribution in [1.29, 1.82) is 0 Å². The van der Waals surface area contributed by atoms with Crippen LogP contribution in [0.4, 0.5) is 0 Å². The van der Waals surface area contributed by atoms with Crippen molar-refractivity contribution in [3.63, 3.8) is 0 Å². The van der Waals surface area contributed by atoms with Gasteiger partial charge in [0.25, 0.3) is 11.8 Å². The average molecular weight is 408 g/mol. The highest BCUT2D eigenvalue weighted by Crippen LogP contribution is 2.21. The van der Waals surface area contributed by atoms with E-state index in [0.717, 1.165) is 11.3 Å². The van der Waals surface area contributed by atoms with Crippen molar-refractivity contribution in [3.05, 3.63) is 95.0 Å². The Bertz CT molecular complexity index is 1020. The second-order valence-electron chi connectivity index (χ2n) is 5.97. The van der Waals surface area contributed by atoms with Gasteiger partial charge in [0.2, 0.25) is 0 Å². The Kier molecular flexibility index (Phi) is 6.97. The summed E-state index contributed by atoms with van der Waals surface area (Å²) in [7, 11) is 0. The first-order valence-corrected chi connectivity index (χ1v) is 9.16. The predicted octanol–water partition coefficient (Wildman–Crippen LogP) is 4.01. The van der Waals surface area contributed by atoms with Gasteiger partial charge in [-0.25, -0.2) is 5.43 Å². The number of amides is 2. The number of nitrogens with one attached hydrogen (secondary N) is 2. The van der Waals surface area contributed by atoms with E-state index >= 15 is 0 Å². The van der Waals surface area contributed by atoms with Crippen LogP contribution < -0.4 is 15.5 Å². The first-order valence-electron chi connectivity index (χ1n) is 8.79. The van der Waals surface area contributed by atoms with Crippen LogP contribution in [-0.4, -0.2) is 24.6 Å². The molecule has 2 amide bonds. The molecule has 29 heavy (non-hydrogen) atoms. The van der Waals surface area contributed by atoms with Crippen molar-refractivity contribution in [2.45, 2.75) is 0 Å². The number of rotatable bonds is 7. The summed E-state index contributed by atoms with van der Waals surface area (Å²) in [6, 6.07) is 23.2. The number of ether oxygens (including phenoxy) is 1. The molecule has 0 aliphatic heterocycles. The van der Waals surface area contributed by atoms with E-state index in [1.54, 1.807) is 24.3 Å². The molecule has 6 nitrogen and oxygen atoms in total. The van der Waals surface area contributed by atoms with Gasteiger partial charge in [0, 0.05) is 10.6 Å². The largest absolute Gasteiger partial charge is 0.457 e. The summed E-state index contributed by atoms with van der Waals surface area (Å²) in [5, 5.41) is 6.86. The van der Waals surface area contributed by atoms with Gasteiger partial charge < -0.3 is 10.1 Å². The Labute approximate surface area is 173 Å². The molecule has 0 heterocycles. The van der Waals surface area contributed by atoms with Crippen molar-refractivity contribution in [3.8, 4) is 11.5 Å². The van der Waals surface area contributed by atoms with Crippen LogP contribution >= 0.6 is 11.6 Å². The van der Waals surface area contributed by atoms with Gasteiger partial charge in [0.15, 0.2) is 0 Å². The molecular weight excluding hydrogens is 390 g/mol. The van der Waals surface area contributed by atoms with E-state index < -0.39 is 11.8 Å². The predicted molar refractivity (Wildman–Crippen MR) is 112 cm³/mol. The van der Waals surface area contributed by atoms with Gasteiger partial charge in [-0.05, 0) is 48.0 Å². The second kappa shape index (κ2) is 10.1. The molecule has 3 rings (SSSR count). The third kappa shape index (κ3) is 6.48. The quantitative estimate of drug-likeness (QED) is 0.458. The standard InChI is InChI=1S/C22H18ClN3O3/c23-18-8-5-7-17(13-18)22(28)24-15-21(27)26-25-14-16-6-4-11-20(12-16)29-19-9-2-1-3-10-19/h1-14H,15H2,(H,24,28)(H,26,27).